The van der Waals surface area contributed by atoms with Crippen molar-refractivity contribution in [1.82, 2.24) is 14.8 Å². The molecule has 1 aromatic heterocycles. The highest BCUT2D eigenvalue weighted by molar-refractivity contribution is 5.95. The third-order valence-electron chi connectivity index (χ3n) is 5.89. The van der Waals surface area contributed by atoms with E-state index >= 15 is 0 Å². The Bertz CT molecular complexity index is 1250. The Balaban J connectivity index is 1.93. The number of allylic oxidation sites excluding steroid dienone is 1. The molecule has 0 fully saturated rings. The van der Waals surface area contributed by atoms with E-state index in [1.807, 2.05) is 25.1 Å². The number of ether oxygens (including phenoxy) is 3. The van der Waals surface area contributed by atoms with Crippen molar-refractivity contribution >= 4 is 11.9 Å². The number of rotatable bonds is 6. The molecule has 33 heavy (non-hydrogen) atoms. The van der Waals surface area contributed by atoms with Crippen molar-refractivity contribution < 1.29 is 19.0 Å². The summed E-state index contributed by atoms with van der Waals surface area (Å²) in [5.74, 6) is 1.85. The van der Waals surface area contributed by atoms with Crippen LogP contribution in [0.4, 0.5) is 5.95 Å². The molecule has 0 aliphatic carbocycles. The van der Waals surface area contributed by atoms with E-state index in [1.54, 1.807) is 23.7 Å². The van der Waals surface area contributed by atoms with E-state index in [0.29, 0.717) is 45.9 Å². The van der Waals surface area contributed by atoms with Crippen molar-refractivity contribution in [1.29, 1.82) is 0 Å². The van der Waals surface area contributed by atoms with Crippen molar-refractivity contribution in [3.05, 3.63) is 58.3 Å². The van der Waals surface area contributed by atoms with Crippen LogP contribution in [0, 0.1) is 13.8 Å². The Morgan fingerprint density at radius 2 is 1.67 bits per heavy atom. The molecule has 1 amide bonds. The first-order valence-corrected chi connectivity index (χ1v) is 10.4. The number of amides is 1. The second kappa shape index (κ2) is 8.50. The number of primary amides is 1. The van der Waals surface area contributed by atoms with Gasteiger partial charge in [0.15, 0.2) is 17.3 Å². The summed E-state index contributed by atoms with van der Waals surface area (Å²) in [5.41, 5.74) is 10.7. The predicted octanol–water partition coefficient (Wildman–Crippen LogP) is 3.36. The van der Waals surface area contributed by atoms with Gasteiger partial charge in [0, 0.05) is 11.3 Å². The van der Waals surface area contributed by atoms with Gasteiger partial charge in [-0.15, -0.1) is 5.10 Å². The average Bonchev–Trinajstić information content (AvgIpc) is 3.22. The van der Waals surface area contributed by atoms with E-state index in [9.17, 15) is 4.79 Å². The zero-order valence-corrected chi connectivity index (χ0v) is 19.5. The molecule has 2 aromatic carbocycles. The summed E-state index contributed by atoms with van der Waals surface area (Å²) in [7, 11) is 4.62. The highest BCUT2D eigenvalue weighted by atomic mass is 16.5. The number of methoxy groups -OCH3 is 3. The summed E-state index contributed by atoms with van der Waals surface area (Å²) in [6, 6.07) is 8.99. The van der Waals surface area contributed by atoms with Crippen LogP contribution < -0.4 is 25.3 Å². The first-order valence-electron chi connectivity index (χ1n) is 10.4. The molecule has 3 N–H and O–H groups in total. The first-order chi connectivity index (χ1) is 15.8. The quantitative estimate of drug-likeness (QED) is 0.593. The second-order valence-electron chi connectivity index (χ2n) is 7.89. The molecule has 0 saturated carbocycles. The first kappa shape index (κ1) is 22.2. The summed E-state index contributed by atoms with van der Waals surface area (Å²) in [6.07, 6.45) is 0. The number of nitrogens with one attached hydrogen (secondary N) is 1. The maximum atomic E-state index is 12.5. The van der Waals surface area contributed by atoms with Crippen LogP contribution in [-0.4, -0.2) is 42.0 Å². The van der Waals surface area contributed by atoms with Gasteiger partial charge in [0.2, 0.25) is 17.6 Å². The Morgan fingerprint density at radius 1 is 1.00 bits per heavy atom. The van der Waals surface area contributed by atoms with Crippen molar-refractivity contribution in [2.75, 3.05) is 26.6 Å². The van der Waals surface area contributed by atoms with Crippen LogP contribution in [0.5, 0.6) is 17.2 Å². The van der Waals surface area contributed by atoms with Crippen LogP contribution >= 0.6 is 0 Å². The molecule has 1 aliphatic rings. The molecule has 4 rings (SSSR count). The van der Waals surface area contributed by atoms with Crippen molar-refractivity contribution in [2.24, 2.45) is 5.73 Å². The standard InChI is InChI=1S/C24H27N5O4/c1-12-7-8-15(9-13(12)2)23-27-24-26-14(3)19(22(25)30)20(29(24)28-23)16-10-17(31-4)21(33-6)18(11-16)32-5/h7-11,20H,1-6H3,(H2,25,30)(H,26,27,28). The number of carbonyl (C=O) groups is 1. The van der Waals surface area contributed by atoms with Crippen molar-refractivity contribution in [3.63, 3.8) is 0 Å². The SMILES string of the molecule is COc1cc(C2C(C(N)=O)=C(C)Nc3nc(-c4ccc(C)c(C)c4)nn32)cc(OC)c1OC. The van der Waals surface area contributed by atoms with E-state index in [-0.39, 0.29) is 0 Å². The van der Waals surface area contributed by atoms with Gasteiger partial charge in [-0.3, -0.25) is 4.79 Å². The lowest BCUT2D eigenvalue weighted by molar-refractivity contribution is -0.115. The maximum Gasteiger partial charge on any atom is 0.248 e. The minimum atomic E-state index is -0.639. The minimum absolute atomic E-state index is 0.369. The number of hydrogen-bond acceptors (Lipinski definition) is 7. The van der Waals surface area contributed by atoms with Crippen LogP contribution in [-0.2, 0) is 4.79 Å². The fraction of sp³-hybridized carbons (Fsp3) is 0.292. The lowest BCUT2D eigenvalue weighted by atomic mass is 9.94. The van der Waals surface area contributed by atoms with Gasteiger partial charge < -0.3 is 25.3 Å². The van der Waals surface area contributed by atoms with Crippen LogP contribution in [0.25, 0.3) is 11.4 Å². The summed E-state index contributed by atoms with van der Waals surface area (Å²) >= 11 is 0. The van der Waals surface area contributed by atoms with Crippen LogP contribution in [0.3, 0.4) is 0 Å². The monoisotopic (exact) mass is 449 g/mol. The largest absolute Gasteiger partial charge is 0.493 e. The smallest absolute Gasteiger partial charge is 0.248 e. The van der Waals surface area contributed by atoms with E-state index in [1.165, 1.54) is 26.9 Å². The number of fused-ring (bicyclic) bond motifs is 1. The van der Waals surface area contributed by atoms with Gasteiger partial charge in [0.25, 0.3) is 0 Å². The molecule has 9 nitrogen and oxygen atoms in total. The molecular weight excluding hydrogens is 422 g/mol. The molecule has 9 heteroatoms. The van der Waals surface area contributed by atoms with Crippen LogP contribution in [0.15, 0.2) is 41.6 Å². The summed E-state index contributed by atoms with van der Waals surface area (Å²) in [4.78, 5) is 17.2. The van der Waals surface area contributed by atoms with Crippen LogP contribution in [0.1, 0.15) is 29.7 Å². The van der Waals surface area contributed by atoms with Gasteiger partial charge in [-0.25, -0.2) is 4.68 Å². The Labute approximate surface area is 192 Å². The highest BCUT2D eigenvalue weighted by Crippen LogP contribution is 2.44. The van der Waals surface area contributed by atoms with Crippen molar-refractivity contribution in [3.8, 4) is 28.6 Å². The number of aromatic nitrogens is 3. The minimum Gasteiger partial charge on any atom is -0.493 e. The summed E-state index contributed by atoms with van der Waals surface area (Å²) < 4.78 is 18.2. The van der Waals surface area contributed by atoms with Crippen LogP contribution in [0.2, 0.25) is 0 Å². The molecule has 1 unspecified atom stereocenters. The number of carbonyl (C=O) groups excluding carboxylic acids is 1. The molecule has 0 bridgehead atoms. The average molecular weight is 450 g/mol. The van der Waals surface area contributed by atoms with E-state index in [0.717, 1.165) is 11.1 Å². The number of anilines is 1. The topological polar surface area (TPSA) is 114 Å². The Morgan fingerprint density at radius 3 is 2.21 bits per heavy atom. The highest BCUT2D eigenvalue weighted by Gasteiger charge is 2.34. The summed E-state index contributed by atoms with van der Waals surface area (Å²) in [5, 5.41) is 7.93. The number of hydrogen-bond donors (Lipinski definition) is 2. The molecule has 172 valence electrons. The molecule has 1 aliphatic heterocycles. The number of aryl methyl sites for hydroxylation is 2. The second-order valence-corrected chi connectivity index (χ2v) is 7.89. The predicted molar refractivity (Wildman–Crippen MR) is 125 cm³/mol. The molecule has 0 spiro atoms. The van der Waals surface area contributed by atoms with Gasteiger partial charge in [-0.05, 0) is 55.7 Å². The third-order valence-corrected chi connectivity index (χ3v) is 5.89. The van der Waals surface area contributed by atoms with E-state index in [4.69, 9.17) is 30.0 Å². The molecule has 3 aromatic rings. The van der Waals surface area contributed by atoms with E-state index in [2.05, 4.69) is 12.2 Å². The lowest BCUT2D eigenvalue weighted by Crippen LogP contribution is -2.31. The van der Waals surface area contributed by atoms with E-state index < -0.39 is 11.9 Å². The molecular formula is C24H27N5O4. The zero-order chi connectivity index (χ0) is 23.9. The zero-order valence-electron chi connectivity index (χ0n) is 19.5. The molecule has 2 heterocycles. The van der Waals surface area contributed by atoms with Crippen molar-refractivity contribution in [2.45, 2.75) is 26.8 Å². The number of benzene rings is 2. The Kier molecular flexibility index (Phi) is 5.71. The molecule has 0 saturated heterocycles. The maximum absolute atomic E-state index is 12.5. The fourth-order valence-electron chi connectivity index (χ4n) is 4.04. The fourth-order valence-corrected chi connectivity index (χ4v) is 4.04. The van der Waals surface area contributed by atoms with Gasteiger partial charge in [-0.1, -0.05) is 12.1 Å². The Hall–Kier alpha value is -4.01. The summed E-state index contributed by atoms with van der Waals surface area (Å²) in [6.45, 7) is 5.89. The number of nitrogens with two attached hydrogens (primary N) is 1. The lowest BCUT2D eigenvalue weighted by Gasteiger charge is -2.28. The van der Waals surface area contributed by atoms with Gasteiger partial charge in [0.05, 0.1) is 26.9 Å². The van der Waals surface area contributed by atoms with Gasteiger partial charge >= 0.3 is 0 Å². The third kappa shape index (κ3) is 3.75. The number of nitrogens with zero attached hydrogens (tertiary/aromatic N) is 3. The molecule has 0 radical (unpaired) electrons. The van der Waals surface area contributed by atoms with Gasteiger partial charge in [0.1, 0.15) is 6.04 Å². The normalized spacial score (nSPS) is 15.0. The van der Waals surface area contributed by atoms with Gasteiger partial charge in [-0.2, -0.15) is 4.98 Å². The molecule has 1 atom stereocenters.